The van der Waals surface area contributed by atoms with Crippen LogP contribution < -0.4 is 10.6 Å². The van der Waals surface area contributed by atoms with E-state index in [1.54, 1.807) is 25.5 Å². The molecule has 0 spiro atoms. The number of methoxy groups -OCH3 is 1. The number of aliphatic imine (C=N–C) groups is 1. The van der Waals surface area contributed by atoms with E-state index in [1.165, 1.54) is 4.88 Å². The lowest BCUT2D eigenvalue weighted by Gasteiger charge is -2.24. The first-order chi connectivity index (χ1) is 8.57. The molecule has 0 aromatic carbocycles. The molecule has 0 amide bonds. The van der Waals surface area contributed by atoms with Crippen LogP contribution in [0.15, 0.2) is 22.5 Å². The highest BCUT2D eigenvalue weighted by Gasteiger charge is 2.16. The second-order valence-electron chi connectivity index (χ2n) is 4.65. The van der Waals surface area contributed by atoms with Crippen LogP contribution in [-0.4, -0.2) is 38.8 Å². The van der Waals surface area contributed by atoms with Crippen molar-refractivity contribution in [1.82, 2.24) is 10.6 Å². The normalized spacial score (nSPS) is 11.9. The van der Waals surface area contributed by atoms with Crippen LogP contribution >= 0.6 is 35.3 Å². The first kappa shape index (κ1) is 18.7. The Morgan fingerprint density at radius 1 is 1.42 bits per heavy atom. The van der Waals surface area contributed by atoms with Crippen molar-refractivity contribution in [3.63, 3.8) is 0 Å². The molecule has 0 unspecified atom stereocenters. The number of guanidine groups is 1. The van der Waals surface area contributed by atoms with Gasteiger partial charge in [0.2, 0.25) is 0 Å². The molecule has 0 atom stereocenters. The summed E-state index contributed by atoms with van der Waals surface area (Å²) in [4.78, 5) is 5.57. The number of thiophene rings is 1. The van der Waals surface area contributed by atoms with Crippen molar-refractivity contribution in [3.05, 3.63) is 22.4 Å². The van der Waals surface area contributed by atoms with E-state index in [0.717, 1.165) is 25.5 Å². The quantitative estimate of drug-likeness (QED) is 0.441. The van der Waals surface area contributed by atoms with E-state index in [9.17, 15) is 0 Å². The number of hydrogen-bond acceptors (Lipinski definition) is 3. The van der Waals surface area contributed by atoms with Gasteiger partial charge in [-0.15, -0.1) is 35.3 Å². The van der Waals surface area contributed by atoms with Crippen LogP contribution in [0.1, 0.15) is 18.7 Å². The van der Waals surface area contributed by atoms with Crippen molar-refractivity contribution in [2.45, 2.75) is 25.9 Å². The number of hydrogen-bond donors (Lipinski definition) is 2. The lowest BCUT2D eigenvalue weighted by molar-refractivity contribution is 0.0268. The van der Waals surface area contributed by atoms with Gasteiger partial charge >= 0.3 is 0 Å². The van der Waals surface area contributed by atoms with Crippen molar-refractivity contribution < 1.29 is 4.74 Å². The molecule has 0 fully saturated rings. The Morgan fingerprint density at radius 3 is 2.68 bits per heavy atom. The first-order valence-corrected chi connectivity index (χ1v) is 6.97. The summed E-state index contributed by atoms with van der Waals surface area (Å²) in [5.74, 6) is 0.816. The minimum absolute atomic E-state index is 0. The molecule has 6 heteroatoms. The third-order valence-corrected chi connectivity index (χ3v) is 3.64. The van der Waals surface area contributed by atoms with Crippen LogP contribution in [0.2, 0.25) is 0 Å². The van der Waals surface area contributed by atoms with Gasteiger partial charge in [0.05, 0.1) is 5.60 Å². The molecule has 1 rings (SSSR count). The maximum Gasteiger partial charge on any atom is 0.191 e. The largest absolute Gasteiger partial charge is 0.377 e. The Labute approximate surface area is 137 Å². The van der Waals surface area contributed by atoms with Crippen molar-refractivity contribution in [2.24, 2.45) is 4.99 Å². The Balaban J connectivity index is 0.00000324. The zero-order valence-electron chi connectivity index (χ0n) is 12.0. The van der Waals surface area contributed by atoms with E-state index >= 15 is 0 Å². The van der Waals surface area contributed by atoms with Gasteiger partial charge in [0.1, 0.15) is 0 Å². The van der Waals surface area contributed by atoms with E-state index in [2.05, 4.69) is 33.1 Å². The van der Waals surface area contributed by atoms with Gasteiger partial charge in [0.15, 0.2) is 5.96 Å². The van der Waals surface area contributed by atoms with Crippen molar-refractivity contribution in [3.8, 4) is 0 Å². The number of rotatable bonds is 6. The summed E-state index contributed by atoms with van der Waals surface area (Å²) < 4.78 is 5.35. The molecule has 110 valence electrons. The van der Waals surface area contributed by atoms with E-state index in [1.807, 2.05) is 13.8 Å². The smallest absolute Gasteiger partial charge is 0.191 e. The van der Waals surface area contributed by atoms with E-state index in [0.29, 0.717) is 0 Å². The molecule has 0 saturated heterocycles. The predicted molar refractivity (Wildman–Crippen MR) is 93.9 cm³/mol. The van der Waals surface area contributed by atoms with Gasteiger partial charge in [-0.2, -0.15) is 0 Å². The maximum atomic E-state index is 5.35. The molecule has 0 aliphatic heterocycles. The van der Waals surface area contributed by atoms with E-state index in [4.69, 9.17) is 4.74 Å². The van der Waals surface area contributed by atoms with Gasteiger partial charge in [0.25, 0.3) is 0 Å². The fraction of sp³-hybridized carbons (Fsp3) is 0.615. The highest BCUT2D eigenvalue weighted by Crippen LogP contribution is 2.08. The summed E-state index contributed by atoms with van der Waals surface area (Å²) in [5.41, 5.74) is -0.189. The molecule has 0 aliphatic carbocycles. The molecule has 19 heavy (non-hydrogen) atoms. The average Bonchev–Trinajstić information content (AvgIpc) is 2.86. The number of nitrogens with zero attached hydrogens (tertiary/aromatic N) is 1. The van der Waals surface area contributed by atoms with Gasteiger partial charge in [-0.3, -0.25) is 4.99 Å². The Kier molecular flexibility index (Phi) is 9.38. The first-order valence-electron chi connectivity index (χ1n) is 6.09. The third kappa shape index (κ3) is 7.74. The minimum atomic E-state index is -0.189. The molecule has 4 nitrogen and oxygen atoms in total. The zero-order valence-corrected chi connectivity index (χ0v) is 15.2. The summed E-state index contributed by atoms with van der Waals surface area (Å²) in [6.45, 7) is 5.69. The Hall–Kier alpha value is -0.340. The monoisotopic (exact) mass is 397 g/mol. The van der Waals surface area contributed by atoms with E-state index < -0.39 is 0 Å². The number of halogens is 1. The topological polar surface area (TPSA) is 45.7 Å². The highest BCUT2D eigenvalue weighted by molar-refractivity contribution is 14.0. The lowest BCUT2D eigenvalue weighted by Crippen LogP contribution is -2.45. The maximum absolute atomic E-state index is 5.35. The Morgan fingerprint density at radius 2 is 2.16 bits per heavy atom. The van der Waals surface area contributed by atoms with Crippen LogP contribution in [0.4, 0.5) is 0 Å². The van der Waals surface area contributed by atoms with Gasteiger partial charge in [-0.05, 0) is 31.7 Å². The number of ether oxygens (including phenoxy) is 1. The van der Waals surface area contributed by atoms with E-state index in [-0.39, 0.29) is 29.6 Å². The molecule has 0 saturated carbocycles. The van der Waals surface area contributed by atoms with Crippen LogP contribution in [-0.2, 0) is 11.2 Å². The SMILES string of the molecule is CN=C(NCCc1cccs1)NCC(C)(C)OC.I. The second kappa shape index (κ2) is 9.55. The molecule has 1 aromatic rings. The minimum Gasteiger partial charge on any atom is -0.377 e. The molecule has 0 radical (unpaired) electrons. The summed E-state index contributed by atoms with van der Waals surface area (Å²) >= 11 is 1.78. The average molecular weight is 397 g/mol. The lowest BCUT2D eigenvalue weighted by atomic mass is 10.1. The van der Waals surface area contributed by atoms with Gasteiger partial charge in [-0.25, -0.2) is 0 Å². The van der Waals surface area contributed by atoms with Crippen molar-refractivity contribution >= 4 is 41.3 Å². The fourth-order valence-corrected chi connectivity index (χ4v) is 2.06. The predicted octanol–water partition coefficient (Wildman–Crippen LogP) is 2.50. The molecule has 0 aliphatic rings. The molecular weight excluding hydrogens is 373 g/mol. The van der Waals surface area contributed by atoms with Crippen LogP contribution in [0.5, 0.6) is 0 Å². The molecule has 2 N–H and O–H groups in total. The van der Waals surface area contributed by atoms with Gasteiger partial charge in [0, 0.05) is 32.1 Å². The molecular formula is C13H24IN3OS. The summed E-state index contributed by atoms with van der Waals surface area (Å²) in [7, 11) is 3.49. The van der Waals surface area contributed by atoms with Crippen molar-refractivity contribution in [2.75, 3.05) is 27.2 Å². The second-order valence-corrected chi connectivity index (χ2v) is 5.68. The summed E-state index contributed by atoms with van der Waals surface area (Å²) in [5, 5.41) is 8.65. The van der Waals surface area contributed by atoms with Gasteiger partial charge < -0.3 is 15.4 Å². The standard InChI is InChI=1S/C13H23N3OS.HI/c1-13(2,17-4)10-16-12(14-3)15-8-7-11-6-5-9-18-11;/h5-6,9H,7-8,10H2,1-4H3,(H2,14,15,16);1H. The molecule has 0 bridgehead atoms. The Bertz CT molecular complexity index is 366. The summed E-state index contributed by atoms with van der Waals surface area (Å²) in [6.07, 6.45) is 1.02. The van der Waals surface area contributed by atoms with Gasteiger partial charge in [-0.1, -0.05) is 6.07 Å². The molecule has 1 heterocycles. The van der Waals surface area contributed by atoms with Crippen LogP contribution in [0.3, 0.4) is 0 Å². The molecule has 1 aromatic heterocycles. The van der Waals surface area contributed by atoms with Crippen LogP contribution in [0, 0.1) is 0 Å². The van der Waals surface area contributed by atoms with Crippen molar-refractivity contribution in [1.29, 1.82) is 0 Å². The highest BCUT2D eigenvalue weighted by atomic mass is 127. The number of nitrogens with one attached hydrogen (secondary N) is 2. The third-order valence-electron chi connectivity index (χ3n) is 2.70. The summed E-state index contributed by atoms with van der Waals surface area (Å²) in [6, 6.07) is 4.23. The van der Waals surface area contributed by atoms with Crippen LogP contribution in [0.25, 0.3) is 0 Å². The fourth-order valence-electron chi connectivity index (χ4n) is 1.35. The zero-order chi connectivity index (χ0) is 13.4.